The van der Waals surface area contributed by atoms with Crippen molar-refractivity contribution < 1.29 is 9.53 Å². The van der Waals surface area contributed by atoms with Crippen molar-refractivity contribution in [1.29, 1.82) is 0 Å². The number of fused-ring (bicyclic) bond motifs is 2. The van der Waals surface area contributed by atoms with Gasteiger partial charge in [-0.2, -0.15) is 0 Å². The van der Waals surface area contributed by atoms with Crippen LogP contribution in [-0.4, -0.2) is 22.5 Å². The number of rotatable bonds is 6. The number of allylic oxidation sites excluding steroid dienone is 1. The van der Waals surface area contributed by atoms with E-state index >= 15 is 0 Å². The lowest BCUT2D eigenvalue weighted by Gasteiger charge is -2.56. The van der Waals surface area contributed by atoms with E-state index in [1.54, 1.807) is 12.1 Å². The van der Waals surface area contributed by atoms with E-state index in [1.165, 1.54) is 12.0 Å². The minimum atomic E-state index is -0.243. The fraction of sp³-hybridized carbons (Fsp3) is 0.500. The molecule has 27 heavy (non-hydrogen) atoms. The zero-order valence-electron chi connectivity index (χ0n) is 16.0. The van der Waals surface area contributed by atoms with Gasteiger partial charge in [-0.15, -0.1) is 0 Å². The summed E-state index contributed by atoms with van der Waals surface area (Å²) in [6.07, 6.45) is 6.22. The van der Waals surface area contributed by atoms with E-state index < -0.39 is 0 Å². The fourth-order valence-corrected chi connectivity index (χ4v) is 4.59. The molecule has 5 rings (SSSR count). The third kappa shape index (κ3) is 3.43. The van der Waals surface area contributed by atoms with E-state index in [0.717, 1.165) is 18.8 Å². The summed E-state index contributed by atoms with van der Waals surface area (Å²) in [6.45, 7) is 5.13. The van der Waals surface area contributed by atoms with Crippen molar-refractivity contribution in [2.24, 2.45) is 17.3 Å². The van der Waals surface area contributed by atoms with Gasteiger partial charge < -0.3 is 9.72 Å². The Hall–Kier alpha value is -2.43. The van der Waals surface area contributed by atoms with E-state index in [1.807, 2.05) is 12.1 Å². The maximum Gasteiger partial charge on any atom is 0.306 e. The Labute approximate surface area is 158 Å². The largest absolute Gasteiger partial charge is 0.465 e. The molecule has 1 aromatic carbocycles. The molecule has 0 amide bonds. The lowest BCUT2D eigenvalue weighted by molar-refractivity contribution is -0.143. The molecule has 2 bridgehead atoms. The number of hydrogen-bond acceptors (Lipinski definition) is 4. The van der Waals surface area contributed by atoms with Crippen LogP contribution in [0.3, 0.4) is 0 Å². The molecule has 5 nitrogen and oxygen atoms in total. The molecule has 0 saturated heterocycles. The molecule has 3 aliphatic carbocycles. The number of benzene rings is 1. The normalized spacial score (nSPS) is 22.8. The molecular weight excluding hydrogens is 340 g/mol. The van der Waals surface area contributed by atoms with Gasteiger partial charge in [-0.1, -0.05) is 37.6 Å². The second kappa shape index (κ2) is 6.95. The zero-order valence-corrected chi connectivity index (χ0v) is 16.0. The van der Waals surface area contributed by atoms with E-state index in [9.17, 15) is 9.59 Å². The number of carbonyl (C=O) groups excluding carboxylic acids is 1. The Morgan fingerprint density at radius 2 is 2.11 bits per heavy atom. The van der Waals surface area contributed by atoms with E-state index in [2.05, 4.69) is 29.9 Å². The third-order valence-electron chi connectivity index (χ3n) is 6.46. The predicted molar refractivity (Wildman–Crippen MR) is 104 cm³/mol. The van der Waals surface area contributed by atoms with Crippen molar-refractivity contribution in [2.75, 3.05) is 6.61 Å². The molecule has 0 aliphatic heterocycles. The van der Waals surface area contributed by atoms with Gasteiger partial charge in [0.1, 0.15) is 5.82 Å². The Morgan fingerprint density at radius 1 is 1.30 bits per heavy atom. The highest BCUT2D eigenvalue weighted by molar-refractivity contribution is 5.77. The molecule has 142 valence electrons. The summed E-state index contributed by atoms with van der Waals surface area (Å²) >= 11 is 0. The number of aromatic amines is 1. The molecule has 1 heterocycles. The number of aryl methyl sites for hydroxylation is 1. The topological polar surface area (TPSA) is 72.0 Å². The van der Waals surface area contributed by atoms with Crippen molar-refractivity contribution in [1.82, 2.24) is 9.97 Å². The molecule has 1 N–H and O–H groups in total. The number of esters is 1. The average Bonchev–Trinajstić information content (AvgIpc) is 2.66. The maximum atomic E-state index is 12.1. The first kappa shape index (κ1) is 18.0. The number of ether oxygens (including phenoxy) is 1. The Kier molecular flexibility index (Phi) is 4.62. The first-order valence-electron chi connectivity index (χ1n) is 9.77. The highest BCUT2D eigenvalue weighted by atomic mass is 16.5. The van der Waals surface area contributed by atoms with Crippen LogP contribution in [0.2, 0.25) is 0 Å². The second-order valence-electron chi connectivity index (χ2n) is 8.32. The van der Waals surface area contributed by atoms with Crippen molar-refractivity contribution in [3.8, 4) is 0 Å². The number of nitrogens with one attached hydrogen (secondary N) is 1. The summed E-state index contributed by atoms with van der Waals surface area (Å²) in [6, 6.07) is 7.20. The van der Waals surface area contributed by atoms with Crippen LogP contribution >= 0.6 is 0 Å². The number of H-pyrrole nitrogens is 1. The second-order valence-corrected chi connectivity index (χ2v) is 8.32. The SMILES string of the molecule is CC1(C)[C@H]2CC=C(CCOC(=O)CCc3nc4ccccc4c(=O)[nH]3)[C@@H]1C2. The summed E-state index contributed by atoms with van der Waals surface area (Å²) < 4.78 is 5.42. The first-order chi connectivity index (χ1) is 12.9. The molecule has 1 fully saturated rings. The van der Waals surface area contributed by atoms with Gasteiger partial charge in [-0.05, 0) is 42.2 Å². The van der Waals surface area contributed by atoms with Gasteiger partial charge in [0.25, 0.3) is 5.56 Å². The van der Waals surface area contributed by atoms with Crippen molar-refractivity contribution >= 4 is 16.9 Å². The summed E-state index contributed by atoms with van der Waals surface area (Å²) in [5.74, 6) is 1.76. The zero-order chi connectivity index (χ0) is 19.0. The quantitative estimate of drug-likeness (QED) is 0.624. The highest BCUT2D eigenvalue weighted by Gasteiger charge is 2.50. The van der Waals surface area contributed by atoms with Crippen LogP contribution in [0.1, 0.15) is 45.4 Å². The molecular formula is C22H26N2O3. The van der Waals surface area contributed by atoms with Gasteiger partial charge in [-0.25, -0.2) is 4.98 Å². The molecule has 0 unspecified atom stereocenters. The highest BCUT2D eigenvalue weighted by Crippen LogP contribution is 2.59. The van der Waals surface area contributed by atoms with Crippen LogP contribution < -0.4 is 5.56 Å². The third-order valence-corrected chi connectivity index (χ3v) is 6.46. The molecule has 1 saturated carbocycles. The van der Waals surface area contributed by atoms with Crippen LogP contribution in [-0.2, 0) is 16.0 Å². The molecule has 5 heteroatoms. The summed E-state index contributed by atoms with van der Waals surface area (Å²) in [7, 11) is 0. The lowest BCUT2D eigenvalue weighted by Crippen LogP contribution is -2.48. The summed E-state index contributed by atoms with van der Waals surface area (Å²) in [5.41, 5.74) is 2.34. The molecule has 1 aromatic heterocycles. The Bertz CT molecular complexity index is 957. The minimum Gasteiger partial charge on any atom is -0.465 e. The van der Waals surface area contributed by atoms with Crippen LogP contribution in [0.4, 0.5) is 0 Å². The molecule has 3 aliphatic rings. The molecule has 2 aromatic rings. The van der Waals surface area contributed by atoms with Crippen LogP contribution in [0, 0.1) is 17.3 Å². The predicted octanol–water partition coefficient (Wildman–Crippen LogP) is 3.78. The van der Waals surface area contributed by atoms with Gasteiger partial charge in [0.05, 0.1) is 23.9 Å². The van der Waals surface area contributed by atoms with E-state index in [4.69, 9.17) is 4.74 Å². The van der Waals surface area contributed by atoms with Gasteiger partial charge in [0.2, 0.25) is 0 Å². The fourth-order valence-electron chi connectivity index (χ4n) is 4.59. The Balaban J connectivity index is 1.27. The van der Waals surface area contributed by atoms with Crippen LogP contribution in [0.5, 0.6) is 0 Å². The maximum absolute atomic E-state index is 12.1. The van der Waals surface area contributed by atoms with Gasteiger partial charge in [0, 0.05) is 12.8 Å². The number of carbonyl (C=O) groups is 1. The smallest absolute Gasteiger partial charge is 0.306 e. The number of hydrogen-bond donors (Lipinski definition) is 1. The van der Waals surface area contributed by atoms with E-state index in [0.29, 0.717) is 41.1 Å². The van der Waals surface area contributed by atoms with Crippen molar-refractivity contribution in [3.63, 3.8) is 0 Å². The average molecular weight is 366 g/mol. The standard InChI is InChI=1S/C22H26N2O3/c1-22(2)15-8-7-14(17(22)13-15)11-12-27-20(25)10-9-19-23-18-6-4-3-5-16(18)21(26)24-19/h3-7,15,17H,8-13H2,1-2H3,(H,23,24,26)/t15-,17-/m0/s1. The van der Waals surface area contributed by atoms with Gasteiger partial charge in [0.15, 0.2) is 0 Å². The molecule has 0 radical (unpaired) electrons. The molecule has 0 spiro atoms. The minimum absolute atomic E-state index is 0.172. The van der Waals surface area contributed by atoms with Crippen molar-refractivity contribution in [3.05, 3.63) is 52.1 Å². The monoisotopic (exact) mass is 366 g/mol. The lowest BCUT2D eigenvalue weighted by atomic mass is 9.48. The first-order valence-corrected chi connectivity index (χ1v) is 9.77. The van der Waals surface area contributed by atoms with Gasteiger partial charge >= 0.3 is 5.97 Å². The number of aromatic nitrogens is 2. The van der Waals surface area contributed by atoms with Gasteiger partial charge in [-0.3, -0.25) is 9.59 Å². The van der Waals surface area contributed by atoms with E-state index in [-0.39, 0.29) is 17.9 Å². The molecule has 2 atom stereocenters. The number of nitrogens with zero attached hydrogens (tertiary/aromatic N) is 1. The van der Waals surface area contributed by atoms with Crippen LogP contribution in [0.15, 0.2) is 40.7 Å². The summed E-state index contributed by atoms with van der Waals surface area (Å²) in [5, 5.41) is 0.561. The Morgan fingerprint density at radius 3 is 2.89 bits per heavy atom. The van der Waals surface area contributed by atoms with Crippen LogP contribution in [0.25, 0.3) is 10.9 Å². The van der Waals surface area contributed by atoms with Crippen molar-refractivity contribution in [2.45, 2.75) is 46.0 Å². The summed E-state index contributed by atoms with van der Waals surface area (Å²) in [4.78, 5) is 31.3. The number of para-hydroxylation sites is 1.